The topological polar surface area (TPSA) is 80.5 Å². The second kappa shape index (κ2) is 5.85. The number of para-hydroxylation sites is 1. The number of thiazole rings is 1. The third kappa shape index (κ3) is 2.39. The van der Waals surface area contributed by atoms with Gasteiger partial charge in [-0.2, -0.15) is 10.1 Å². The van der Waals surface area contributed by atoms with Crippen LogP contribution in [0.2, 0.25) is 0 Å². The van der Waals surface area contributed by atoms with E-state index in [4.69, 9.17) is 4.52 Å². The van der Waals surface area contributed by atoms with E-state index in [9.17, 15) is 4.39 Å². The number of benzene rings is 2. The second-order valence-corrected chi connectivity index (χ2v) is 6.42. The standard InChI is InChI=1S/C18H10FN5OS/c19-12-7-3-1-5-10(12)18-20-14(9-26-18)17-21-16(24-25-17)15-11-6-2-4-8-13(11)22-23-15/h1-9H,(H,22,23). The van der Waals surface area contributed by atoms with Crippen LogP contribution >= 0.6 is 11.3 Å². The van der Waals surface area contributed by atoms with E-state index in [0.29, 0.717) is 27.8 Å². The molecule has 126 valence electrons. The van der Waals surface area contributed by atoms with Gasteiger partial charge in [0.2, 0.25) is 5.82 Å². The van der Waals surface area contributed by atoms with Gasteiger partial charge in [-0.15, -0.1) is 11.3 Å². The highest BCUT2D eigenvalue weighted by atomic mass is 32.1. The Bertz CT molecular complexity index is 1230. The molecule has 5 rings (SSSR count). The first-order chi connectivity index (χ1) is 12.8. The zero-order valence-corrected chi connectivity index (χ0v) is 14.0. The zero-order valence-electron chi connectivity index (χ0n) is 13.2. The Morgan fingerprint density at radius 1 is 1.00 bits per heavy atom. The monoisotopic (exact) mass is 363 g/mol. The van der Waals surface area contributed by atoms with Crippen molar-refractivity contribution in [1.82, 2.24) is 25.3 Å². The summed E-state index contributed by atoms with van der Waals surface area (Å²) in [4.78, 5) is 8.82. The van der Waals surface area contributed by atoms with Crippen LogP contribution < -0.4 is 0 Å². The molecule has 0 saturated carbocycles. The lowest BCUT2D eigenvalue weighted by Gasteiger charge is -1.96. The van der Waals surface area contributed by atoms with Crippen molar-refractivity contribution >= 4 is 22.2 Å². The lowest BCUT2D eigenvalue weighted by atomic mass is 10.2. The van der Waals surface area contributed by atoms with Crippen LogP contribution in [0.5, 0.6) is 0 Å². The molecule has 0 unspecified atom stereocenters. The Balaban J connectivity index is 1.52. The summed E-state index contributed by atoms with van der Waals surface area (Å²) in [5.41, 5.74) is 2.46. The molecular formula is C18H10FN5OS. The number of aromatic amines is 1. The Morgan fingerprint density at radius 2 is 1.85 bits per heavy atom. The van der Waals surface area contributed by atoms with Crippen LogP contribution in [-0.4, -0.2) is 25.3 Å². The minimum Gasteiger partial charge on any atom is -0.332 e. The van der Waals surface area contributed by atoms with Crippen LogP contribution in [0.15, 0.2) is 58.4 Å². The average Bonchev–Trinajstić information content (AvgIpc) is 3.40. The summed E-state index contributed by atoms with van der Waals surface area (Å²) >= 11 is 1.32. The lowest BCUT2D eigenvalue weighted by Crippen LogP contribution is -1.84. The molecule has 8 heteroatoms. The first kappa shape index (κ1) is 14.9. The Morgan fingerprint density at radius 3 is 2.77 bits per heavy atom. The molecule has 3 heterocycles. The summed E-state index contributed by atoms with van der Waals surface area (Å²) in [6.07, 6.45) is 0. The summed E-state index contributed by atoms with van der Waals surface area (Å²) < 4.78 is 19.3. The Hall–Kier alpha value is -3.39. The van der Waals surface area contributed by atoms with Crippen molar-refractivity contribution in [3.63, 3.8) is 0 Å². The fourth-order valence-corrected chi connectivity index (χ4v) is 3.51. The summed E-state index contributed by atoms with van der Waals surface area (Å²) in [6, 6.07) is 14.2. The molecule has 0 bridgehead atoms. The van der Waals surface area contributed by atoms with Crippen molar-refractivity contribution in [2.24, 2.45) is 0 Å². The van der Waals surface area contributed by atoms with Gasteiger partial charge in [-0.1, -0.05) is 35.5 Å². The number of hydrogen-bond acceptors (Lipinski definition) is 6. The van der Waals surface area contributed by atoms with E-state index in [2.05, 4.69) is 25.3 Å². The minimum atomic E-state index is -0.317. The smallest absolute Gasteiger partial charge is 0.277 e. The normalized spacial score (nSPS) is 11.3. The van der Waals surface area contributed by atoms with Gasteiger partial charge >= 0.3 is 0 Å². The molecule has 2 aromatic carbocycles. The van der Waals surface area contributed by atoms with E-state index < -0.39 is 0 Å². The van der Waals surface area contributed by atoms with Crippen molar-refractivity contribution in [3.8, 4) is 33.7 Å². The molecule has 0 saturated heterocycles. The summed E-state index contributed by atoms with van der Waals surface area (Å²) in [7, 11) is 0. The van der Waals surface area contributed by atoms with Gasteiger partial charge in [-0.05, 0) is 18.2 Å². The van der Waals surface area contributed by atoms with E-state index in [1.54, 1.807) is 23.6 Å². The number of halogens is 1. The van der Waals surface area contributed by atoms with Crippen LogP contribution in [-0.2, 0) is 0 Å². The molecule has 0 atom stereocenters. The van der Waals surface area contributed by atoms with Crippen molar-refractivity contribution < 1.29 is 8.91 Å². The van der Waals surface area contributed by atoms with Crippen molar-refractivity contribution in [2.45, 2.75) is 0 Å². The van der Waals surface area contributed by atoms with Crippen LogP contribution in [0, 0.1) is 5.82 Å². The molecule has 0 spiro atoms. The molecule has 5 aromatic rings. The Kier molecular flexibility index (Phi) is 3.36. The molecule has 0 aliphatic carbocycles. The number of fused-ring (bicyclic) bond motifs is 1. The van der Waals surface area contributed by atoms with Crippen LogP contribution in [0.4, 0.5) is 4.39 Å². The molecule has 0 amide bonds. The molecule has 0 fully saturated rings. The molecule has 0 radical (unpaired) electrons. The fraction of sp³-hybridized carbons (Fsp3) is 0. The van der Waals surface area contributed by atoms with Gasteiger partial charge in [0.1, 0.15) is 22.2 Å². The lowest BCUT2D eigenvalue weighted by molar-refractivity contribution is 0.431. The third-order valence-electron chi connectivity index (χ3n) is 3.94. The van der Waals surface area contributed by atoms with Gasteiger partial charge in [0.25, 0.3) is 5.89 Å². The predicted molar refractivity (Wildman–Crippen MR) is 95.9 cm³/mol. The largest absolute Gasteiger partial charge is 0.332 e. The number of aromatic nitrogens is 5. The van der Waals surface area contributed by atoms with E-state index in [1.807, 2.05) is 24.3 Å². The maximum Gasteiger partial charge on any atom is 0.277 e. The van der Waals surface area contributed by atoms with Gasteiger partial charge in [0, 0.05) is 16.3 Å². The van der Waals surface area contributed by atoms with E-state index in [1.165, 1.54) is 17.4 Å². The second-order valence-electron chi connectivity index (χ2n) is 5.56. The molecule has 0 aliphatic rings. The maximum atomic E-state index is 13.9. The number of H-pyrrole nitrogens is 1. The first-order valence-corrected chi connectivity index (χ1v) is 8.65. The summed E-state index contributed by atoms with van der Waals surface area (Å²) in [5, 5.41) is 14.4. The number of nitrogens with one attached hydrogen (secondary N) is 1. The fourth-order valence-electron chi connectivity index (χ4n) is 2.69. The van der Waals surface area contributed by atoms with E-state index >= 15 is 0 Å². The third-order valence-corrected chi connectivity index (χ3v) is 4.81. The number of hydrogen-bond donors (Lipinski definition) is 1. The molecule has 6 nitrogen and oxygen atoms in total. The van der Waals surface area contributed by atoms with Crippen LogP contribution in [0.1, 0.15) is 0 Å². The van der Waals surface area contributed by atoms with E-state index in [-0.39, 0.29) is 11.7 Å². The van der Waals surface area contributed by atoms with Gasteiger partial charge in [-0.3, -0.25) is 5.10 Å². The summed E-state index contributed by atoms with van der Waals surface area (Å²) in [5.74, 6) is 0.325. The molecular weight excluding hydrogens is 353 g/mol. The average molecular weight is 363 g/mol. The van der Waals surface area contributed by atoms with Crippen LogP contribution in [0.3, 0.4) is 0 Å². The highest BCUT2D eigenvalue weighted by Gasteiger charge is 2.18. The minimum absolute atomic E-state index is 0.269. The number of nitrogens with zero attached hydrogens (tertiary/aromatic N) is 4. The molecule has 3 aromatic heterocycles. The van der Waals surface area contributed by atoms with Crippen molar-refractivity contribution in [3.05, 3.63) is 59.7 Å². The SMILES string of the molecule is Fc1ccccc1-c1nc(-c2nc(-c3n[nH]c4ccccc34)no2)cs1. The van der Waals surface area contributed by atoms with Gasteiger partial charge in [0.05, 0.1) is 5.52 Å². The van der Waals surface area contributed by atoms with Crippen molar-refractivity contribution in [1.29, 1.82) is 0 Å². The summed E-state index contributed by atoms with van der Waals surface area (Å²) in [6.45, 7) is 0. The van der Waals surface area contributed by atoms with Crippen molar-refractivity contribution in [2.75, 3.05) is 0 Å². The highest BCUT2D eigenvalue weighted by Crippen LogP contribution is 2.31. The van der Waals surface area contributed by atoms with Gasteiger partial charge in [-0.25, -0.2) is 9.37 Å². The van der Waals surface area contributed by atoms with Crippen LogP contribution in [0.25, 0.3) is 44.6 Å². The predicted octanol–water partition coefficient (Wildman–Crippen LogP) is 4.54. The quantitative estimate of drug-likeness (QED) is 0.509. The molecule has 26 heavy (non-hydrogen) atoms. The van der Waals surface area contributed by atoms with Gasteiger partial charge in [0.15, 0.2) is 0 Å². The highest BCUT2D eigenvalue weighted by molar-refractivity contribution is 7.13. The number of rotatable bonds is 3. The molecule has 0 aliphatic heterocycles. The zero-order chi connectivity index (χ0) is 17.5. The molecule has 1 N–H and O–H groups in total. The first-order valence-electron chi connectivity index (χ1n) is 7.77. The van der Waals surface area contributed by atoms with E-state index in [0.717, 1.165) is 10.9 Å². The van der Waals surface area contributed by atoms with Gasteiger partial charge < -0.3 is 4.52 Å². The maximum absolute atomic E-state index is 13.9. The Labute approximate surface area is 150 Å².